The number of hydrogen-bond acceptors (Lipinski definition) is 4. The van der Waals surface area contributed by atoms with E-state index in [0.717, 1.165) is 21.3 Å². The van der Waals surface area contributed by atoms with Crippen molar-refractivity contribution in [2.45, 2.75) is 19.9 Å². The van der Waals surface area contributed by atoms with Gasteiger partial charge in [0.2, 0.25) is 0 Å². The van der Waals surface area contributed by atoms with Gasteiger partial charge < -0.3 is 19.1 Å². The van der Waals surface area contributed by atoms with E-state index in [9.17, 15) is 4.79 Å². The van der Waals surface area contributed by atoms with Gasteiger partial charge >= 0.3 is 0 Å². The molecule has 0 saturated carbocycles. The van der Waals surface area contributed by atoms with E-state index in [2.05, 4.69) is 15.9 Å². The molecule has 0 heterocycles. The minimum Gasteiger partial charge on any atom is -0.494 e. The molecule has 0 aliphatic heterocycles. The van der Waals surface area contributed by atoms with Gasteiger partial charge in [0.1, 0.15) is 5.75 Å². The molecule has 0 unspecified atom stereocenters. The molecule has 6 heteroatoms. The second kappa shape index (κ2) is 11.6. The number of benzene rings is 3. The smallest absolute Gasteiger partial charge is 0.254 e. The Bertz CT molecular complexity index is 1040. The van der Waals surface area contributed by atoms with Crippen molar-refractivity contribution in [3.63, 3.8) is 0 Å². The molecule has 0 aliphatic carbocycles. The maximum absolute atomic E-state index is 13.4. The van der Waals surface area contributed by atoms with Gasteiger partial charge in [-0.1, -0.05) is 40.2 Å². The van der Waals surface area contributed by atoms with Crippen molar-refractivity contribution in [1.29, 1.82) is 0 Å². The molecule has 0 aromatic heterocycles. The first-order chi connectivity index (χ1) is 15.5. The Morgan fingerprint density at radius 1 is 0.906 bits per heavy atom. The molecule has 0 spiro atoms. The number of rotatable bonds is 10. The Labute approximate surface area is 198 Å². The highest BCUT2D eigenvalue weighted by atomic mass is 79.9. The van der Waals surface area contributed by atoms with E-state index >= 15 is 0 Å². The van der Waals surface area contributed by atoms with E-state index in [1.54, 1.807) is 14.2 Å². The van der Waals surface area contributed by atoms with Crippen LogP contribution in [0.1, 0.15) is 28.4 Å². The lowest BCUT2D eigenvalue weighted by molar-refractivity contribution is 0.0745. The van der Waals surface area contributed by atoms with Gasteiger partial charge in [0.25, 0.3) is 5.91 Å². The highest BCUT2D eigenvalue weighted by molar-refractivity contribution is 9.10. The van der Waals surface area contributed by atoms with Crippen LogP contribution in [0.3, 0.4) is 0 Å². The van der Waals surface area contributed by atoms with Gasteiger partial charge in [0.15, 0.2) is 11.5 Å². The summed E-state index contributed by atoms with van der Waals surface area (Å²) in [6, 6.07) is 21.2. The maximum atomic E-state index is 13.4. The molecule has 0 bridgehead atoms. The standard InChI is InChI=1S/C26H28BrNO4/c1-4-32-23-11-8-20(9-12-23)18-28(26(29)21-6-5-7-22(27)17-21)15-14-19-10-13-24(30-2)25(16-19)31-3/h5-13,16-17H,4,14-15,18H2,1-3H3. The van der Waals surface area contributed by atoms with Crippen LogP contribution in [0.4, 0.5) is 0 Å². The molecule has 3 aromatic carbocycles. The van der Waals surface area contributed by atoms with Crippen molar-refractivity contribution >= 4 is 21.8 Å². The summed E-state index contributed by atoms with van der Waals surface area (Å²) < 4.78 is 17.2. The molecule has 3 aromatic rings. The fourth-order valence-corrected chi connectivity index (χ4v) is 3.83. The van der Waals surface area contributed by atoms with E-state index in [1.807, 2.05) is 78.6 Å². The molecule has 1 amide bonds. The summed E-state index contributed by atoms with van der Waals surface area (Å²) in [7, 11) is 3.24. The van der Waals surface area contributed by atoms with E-state index in [1.165, 1.54) is 0 Å². The Hall–Kier alpha value is -2.99. The third-order valence-corrected chi connectivity index (χ3v) is 5.58. The van der Waals surface area contributed by atoms with Crippen LogP contribution >= 0.6 is 15.9 Å². The Morgan fingerprint density at radius 3 is 2.28 bits per heavy atom. The van der Waals surface area contributed by atoms with Crippen LogP contribution in [0, 0.1) is 0 Å². The molecular weight excluding hydrogens is 470 g/mol. The zero-order valence-corrected chi connectivity index (χ0v) is 20.2. The first kappa shape index (κ1) is 23.7. The normalized spacial score (nSPS) is 10.5. The van der Waals surface area contributed by atoms with Gasteiger partial charge in [-0.05, 0) is 66.9 Å². The quantitative estimate of drug-likeness (QED) is 0.357. The van der Waals surface area contributed by atoms with Crippen LogP contribution in [-0.4, -0.2) is 38.2 Å². The van der Waals surface area contributed by atoms with Gasteiger partial charge in [0.05, 0.1) is 20.8 Å². The highest BCUT2D eigenvalue weighted by Gasteiger charge is 2.17. The number of amides is 1. The number of carbonyl (C=O) groups excluding carboxylic acids is 1. The number of hydrogen-bond donors (Lipinski definition) is 0. The lowest BCUT2D eigenvalue weighted by Crippen LogP contribution is -2.32. The predicted octanol–water partition coefficient (Wildman–Crippen LogP) is 5.75. The molecule has 0 fully saturated rings. The maximum Gasteiger partial charge on any atom is 0.254 e. The van der Waals surface area contributed by atoms with E-state index in [-0.39, 0.29) is 5.91 Å². The molecule has 0 atom stereocenters. The lowest BCUT2D eigenvalue weighted by Gasteiger charge is -2.24. The average Bonchev–Trinajstić information content (AvgIpc) is 2.82. The van der Waals surface area contributed by atoms with Crippen LogP contribution in [0.15, 0.2) is 71.2 Å². The number of nitrogens with zero attached hydrogens (tertiary/aromatic N) is 1. The van der Waals surface area contributed by atoms with Gasteiger partial charge in [-0.2, -0.15) is 0 Å². The van der Waals surface area contributed by atoms with Crippen LogP contribution in [0.25, 0.3) is 0 Å². The molecule has 3 rings (SSSR count). The fourth-order valence-electron chi connectivity index (χ4n) is 3.43. The molecular formula is C26H28BrNO4. The Morgan fingerprint density at radius 2 is 1.62 bits per heavy atom. The topological polar surface area (TPSA) is 48.0 Å². The Balaban J connectivity index is 1.80. The first-order valence-electron chi connectivity index (χ1n) is 10.5. The van der Waals surface area contributed by atoms with Crippen molar-refractivity contribution in [2.24, 2.45) is 0 Å². The van der Waals surface area contributed by atoms with Crippen LogP contribution in [-0.2, 0) is 13.0 Å². The van der Waals surface area contributed by atoms with Crippen molar-refractivity contribution in [3.8, 4) is 17.2 Å². The van der Waals surface area contributed by atoms with Crippen LogP contribution in [0.2, 0.25) is 0 Å². The largest absolute Gasteiger partial charge is 0.494 e. The third-order valence-electron chi connectivity index (χ3n) is 5.08. The van der Waals surface area contributed by atoms with Gasteiger partial charge in [-0.3, -0.25) is 4.79 Å². The number of methoxy groups -OCH3 is 2. The lowest BCUT2D eigenvalue weighted by atomic mass is 10.1. The molecule has 32 heavy (non-hydrogen) atoms. The minimum absolute atomic E-state index is 0.0133. The highest BCUT2D eigenvalue weighted by Crippen LogP contribution is 2.28. The summed E-state index contributed by atoms with van der Waals surface area (Å²) in [5.41, 5.74) is 2.77. The molecule has 168 valence electrons. The van der Waals surface area contributed by atoms with Gasteiger partial charge in [-0.15, -0.1) is 0 Å². The second-order valence-corrected chi connectivity index (χ2v) is 8.17. The zero-order chi connectivity index (χ0) is 22.9. The summed E-state index contributed by atoms with van der Waals surface area (Å²) in [6.07, 6.45) is 0.692. The SMILES string of the molecule is CCOc1ccc(CN(CCc2ccc(OC)c(OC)c2)C(=O)c2cccc(Br)c2)cc1. The van der Waals surface area contributed by atoms with Gasteiger partial charge in [0, 0.05) is 23.1 Å². The molecule has 0 saturated heterocycles. The van der Waals surface area contributed by atoms with Crippen LogP contribution in [0.5, 0.6) is 17.2 Å². The van der Waals surface area contributed by atoms with Crippen molar-refractivity contribution < 1.29 is 19.0 Å². The monoisotopic (exact) mass is 497 g/mol. The van der Waals surface area contributed by atoms with Crippen LogP contribution < -0.4 is 14.2 Å². The fraction of sp³-hybridized carbons (Fsp3) is 0.269. The summed E-state index contributed by atoms with van der Waals surface area (Å²) in [6.45, 7) is 3.65. The van der Waals surface area contributed by atoms with E-state index in [0.29, 0.717) is 43.2 Å². The third kappa shape index (κ3) is 6.26. The number of halogens is 1. The average molecular weight is 498 g/mol. The van der Waals surface area contributed by atoms with Crippen molar-refractivity contribution in [2.75, 3.05) is 27.4 Å². The number of ether oxygens (including phenoxy) is 3. The molecule has 5 nitrogen and oxygen atoms in total. The number of carbonyl (C=O) groups is 1. The molecule has 0 radical (unpaired) electrons. The van der Waals surface area contributed by atoms with E-state index in [4.69, 9.17) is 14.2 Å². The minimum atomic E-state index is -0.0133. The Kier molecular flexibility index (Phi) is 8.56. The second-order valence-electron chi connectivity index (χ2n) is 7.25. The van der Waals surface area contributed by atoms with Crippen molar-refractivity contribution in [1.82, 2.24) is 4.90 Å². The first-order valence-corrected chi connectivity index (χ1v) is 11.3. The predicted molar refractivity (Wildman–Crippen MR) is 130 cm³/mol. The zero-order valence-electron chi connectivity index (χ0n) is 18.6. The summed E-state index contributed by atoms with van der Waals surface area (Å²) >= 11 is 3.46. The molecule has 0 N–H and O–H groups in total. The molecule has 0 aliphatic rings. The summed E-state index contributed by atoms with van der Waals surface area (Å²) in [5.74, 6) is 2.18. The van der Waals surface area contributed by atoms with E-state index < -0.39 is 0 Å². The summed E-state index contributed by atoms with van der Waals surface area (Å²) in [5, 5.41) is 0. The van der Waals surface area contributed by atoms with Crippen molar-refractivity contribution in [3.05, 3.63) is 87.9 Å². The summed E-state index contributed by atoms with van der Waals surface area (Å²) in [4.78, 5) is 15.2. The van der Waals surface area contributed by atoms with Gasteiger partial charge in [-0.25, -0.2) is 0 Å².